The molecule has 0 radical (unpaired) electrons. The van der Waals surface area contributed by atoms with E-state index in [0.29, 0.717) is 5.92 Å². The van der Waals surface area contributed by atoms with Crippen LogP contribution in [-0.2, 0) is 0 Å². The second-order valence-electron chi connectivity index (χ2n) is 1.93. The average molecular weight is 120 g/mol. The largest absolute Gasteiger partial charge is 0.107 e. The van der Waals surface area contributed by atoms with Crippen LogP contribution < -0.4 is 0 Å². The summed E-state index contributed by atoms with van der Waals surface area (Å²) < 4.78 is 0. The van der Waals surface area contributed by atoms with E-state index in [2.05, 4.69) is 30.6 Å². The summed E-state index contributed by atoms with van der Waals surface area (Å²) in [6, 6.07) is 0. The fourth-order valence-electron chi connectivity index (χ4n) is 0.553. The van der Waals surface area contributed by atoms with E-state index in [-0.39, 0.29) is 0 Å². The van der Waals surface area contributed by atoms with E-state index < -0.39 is 0 Å². The maximum Gasteiger partial charge on any atom is 0.0283 e. The second-order valence-corrected chi connectivity index (χ2v) is 1.93. The molecule has 0 heterocycles. The van der Waals surface area contributed by atoms with Crippen LogP contribution in [-0.4, -0.2) is 0 Å². The molecule has 0 rings (SSSR count). The Kier molecular flexibility index (Phi) is 4.75. The van der Waals surface area contributed by atoms with Gasteiger partial charge < -0.3 is 0 Å². The zero-order chi connectivity index (χ0) is 7.11. The van der Waals surface area contributed by atoms with Crippen molar-refractivity contribution in [1.82, 2.24) is 0 Å². The van der Waals surface area contributed by atoms with Gasteiger partial charge in [-0.3, -0.25) is 0 Å². The Balaban J connectivity index is 3.54. The first kappa shape index (κ1) is 8.12. The molecule has 0 nitrogen and oxygen atoms in total. The predicted molar refractivity (Wildman–Crippen MR) is 40.7 cm³/mol. The summed E-state index contributed by atoms with van der Waals surface area (Å²) in [5.41, 5.74) is 0. The van der Waals surface area contributed by atoms with Gasteiger partial charge in [0.25, 0.3) is 0 Å². The van der Waals surface area contributed by atoms with Crippen molar-refractivity contribution in [3.05, 3.63) is 0 Å². The minimum Gasteiger partial charge on any atom is -0.107 e. The van der Waals surface area contributed by atoms with E-state index >= 15 is 0 Å². The standard InChI is InChI=1S/C9H12/c1-4-6-8-9(3)7-5-2/h9H,8H2,1-3H3. The molecule has 0 aromatic rings. The third kappa shape index (κ3) is 4.98. The van der Waals surface area contributed by atoms with Crippen molar-refractivity contribution in [3.8, 4) is 23.7 Å². The van der Waals surface area contributed by atoms with Gasteiger partial charge in [-0.25, -0.2) is 0 Å². The molecular formula is C9H12. The first-order valence-corrected chi connectivity index (χ1v) is 3.13. The lowest BCUT2D eigenvalue weighted by atomic mass is 10.1. The van der Waals surface area contributed by atoms with Gasteiger partial charge in [-0.05, 0) is 13.8 Å². The lowest BCUT2D eigenvalue weighted by Crippen LogP contribution is -1.85. The molecule has 0 bridgehead atoms. The molecule has 9 heavy (non-hydrogen) atoms. The van der Waals surface area contributed by atoms with Crippen molar-refractivity contribution in [2.24, 2.45) is 5.92 Å². The van der Waals surface area contributed by atoms with Crippen LogP contribution in [0.5, 0.6) is 0 Å². The molecule has 0 saturated carbocycles. The van der Waals surface area contributed by atoms with Crippen LogP contribution in [0.15, 0.2) is 0 Å². The van der Waals surface area contributed by atoms with Crippen LogP contribution in [0, 0.1) is 29.6 Å². The molecule has 0 aliphatic carbocycles. The van der Waals surface area contributed by atoms with Crippen LogP contribution in [0.2, 0.25) is 0 Å². The molecule has 0 aliphatic heterocycles. The zero-order valence-electron chi connectivity index (χ0n) is 6.28. The maximum atomic E-state index is 3.03. The van der Waals surface area contributed by atoms with Crippen molar-refractivity contribution in [2.75, 3.05) is 0 Å². The van der Waals surface area contributed by atoms with E-state index in [0.717, 1.165) is 6.42 Å². The lowest BCUT2D eigenvalue weighted by Gasteiger charge is -1.92. The van der Waals surface area contributed by atoms with E-state index in [1.165, 1.54) is 0 Å². The summed E-state index contributed by atoms with van der Waals surface area (Å²) in [7, 11) is 0. The zero-order valence-corrected chi connectivity index (χ0v) is 6.28. The Hall–Kier alpha value is -0.880. The molecule has 0 N–H and O–H groups in total. The highest BCUT2D eigenvalue weighted by Gasteiger charge is 1.89. The van der Waals surface area contributed by atoms with Crippen molar-refractivity contribution in [1.29, 1.82) is 0 Å². The molecule has 0 saturated heterocycles. The fraction of sp³-hybridized carbons (Fsp3) is 0.556. The van der Waals surface area contributed by atoms with Crippen molar-refractivity contribution >= 4 is 0 Å². The van der Waals surface area contributed by atoms with E-state index in [1.54, 1.807) is 0 Å². The van der Waals surface area contributed by atoms with Gasteiger partial charge in [0.2, 0.25) is 0 Å². The minimum absolute atomic E-state index is 0.433. The van der Waals surface area contributed by atoms with Gasteiger partial charge in [-0.2, -0.15) is 0 Å². The summed E-state index contributed by atoms with van der Waals surface area (Å²) in [6.45, 7) is 5.79. The molecule has 1 atom stereocenters. The van der Waals surface area contributed by atoms with Gasteiger partial charge in [0.15, 0.2) is 0 Å². The van der Waals surface area contributed by atoms with Gasteiger partial charge in [-0.1, -0.05) is 12.8 Å². The fourth-order valence-corrected chi connectivity index (χ4v) is 0.553. The third-order valence-electron chi connectivity index (χ3n) is 0.976. The van der Waals surface area contributed by atoms with Crippen molar-refractivity contribution in [3.63, 3.8) is 0 Å². The molecular weight excluding hydrogens is 108 g/mol. The summed E-state index contributed by atoms with van der Waals surface area (Å²) in [4.78, 5) is 0. The first-order chi connectivity index (χ1) is 4.31. The van der Waals surface area contributed by atoms with Gasteiger partial charge >= 0.3 is 0 Å². The average Bonchev–Trinajstić information content (AvgIpc) is 1.85. The number of rotatable bonds is 1. The maximum absolute atomic E-state index is 3.03. The Morgan fingerprint density at radius 1 is 1.22 bits per heavy atom. The van der Waals surface area contributed by atoms with E-state index in [9.17, 15) is 0 Å². The molecule has 0 aliphatic rings. The monoisotopic (exact) mass is 120 g/mol. The highest BCUT2D eigenvalue weighted by atomic mass is 13.9. The summed E-state index contributed by atoms with van der Waals surface area (Å²) in [5.74, 6) is 12.1. The Labute approximate surface area is 57.7 Å². The Morgan fingerprint density at radius 2 is 1.89 bits per heavy atom. The highest BCUT2D eigenvalue weighted by molar-refractivity contribution is 5.05. The van der Waals surface area contributed by atoms with Crippen molar-refractivity contribution < 1.29 is 0 Å². The lowest BCUT2D eigenvalue weighted by molar-refractivity contribution is 0.789. The first-order valence-electron chi connectivity index (χ1n) is 3.13. The molecule has 0 aromatic heterocycles. The van der Waals surface area contributed by atoms with Crippen LogP contribution >= 0.6 is 0 Å². The van der Waals surface area contributed by atoms with Crippen LogP contribution in [0.25, 0.3) is 0 Å². The molecule has 48 valence electrons. The van der Waals surface area contributed by atoms with E-state index in [1.807, 2.05) is 13.8 Å². The SMILES string of the molecule is CC#CCC(C)C#CC. The quantitative estimate of drug-likeness (QED) is 0.465. The van der Waals surface area contributed by atoms with Crippen LogP contribution in [0.3, 0.4) is 0 Å². The second kappa shape index (κ2) is 5.26. The van der Waals surface area contributed by atoms with E-state index in [4.69, 9.17) is 0 Å². The molecule has 0 heteroatoms. The molecule has 0 spiro atoms. The minimum atomic E-state index is 0.433. The topological polar surface area (TPSA) is 0 Å². The molecule has 0 amide bonds. The van der Waals surface area contributed by atoms with Gasteiger partial charge in [0.1, 0.15) is 0 Å². The number of hydrogen-bond donors (Lipinski definition) is 0. The Morgan fingerprint density at radius 3 is 2.33 bits per heavy atom. The highest BCUT2D eigenvalue weighted by Crippen LogP contribution is 1.96. The van der Waals surface area contributed by atoms with Crippen LogP contribution in [0.1, 0.15) is 27.2 Å². The molecule has 0 aromatic carbocycles. The third-order valence-corrected chi connectivity index (χ3v) is 0.976. The van der Waals surface area contributed by atoms with Gasteiger partial charge in [-0.15, -0.1) is 17.8 Å². The summed E-state index contributed by atoms with van der Waals surface area (Å²) >= 11 is 0. The molecule has 0 fully saturated rings. The normalized spacial score (nSPS) is 10.1. The summed E-state index contributed by atoms with van der Waals surface area (Å²) in [5, 5.41) is 0. The summed E-state index contributed by atoms with van der Waals surface area (Å²) in [6.07, 6.45) is 0.900. The Bertz CT molecular complexity index is 168. The predicted octanol–water partition coefficient (Wildman–Crippen LogP) is 2.06. The number of hydrogen-bond acceptors (Lipinski definition) is 0. The van der Waals surface area contributed by atoms with Crippen LogP contribution in [0.4, 0.5) is 0 Å². The van der Waals surface area contributed by atoms with Gasteiger partial charge in [0.05, 0.1) is 0 Å². The molecule has 1 unspecified atom stereocenters. The smallest absolute Gasteiger partial charge is 0.0283 e. The van der Waals surface area contributed by atoms with Gasteiger partial charge in [0, 0.05) is 12.3 Å². The van der Waals surface area contributed by atoms with Crippen molar-refractivity contribution in [2.45, 2.75) is 27.2 Å².